The van der Waals surface area contributed by atoms with E-state index in [9.17, 15) is 0 Å². The van der Waals surface area contributed by atoms with Gasteiger partial charge in [0.05, 0.1) is 0 Å². The summed E-state index contributed by atoms with van der Waals surface area (Å²) < 4.78 is 0. The van der Waals surface area contributed by atoms with Gasteiger partial charge in [-0.05, 0) is 36.2 Å². The summed E-state index contributed by atoms with van der Waals surface area (Å²) in [5, 5.41) is 3.37. The monoisotopic (exact) mass is 212 g/mol. The fraction of sp³-hybridized carbons (Fsp3) is 0.143. The van der Waals surface area contributed by atoms with E-state index >= 15 is 0 Å². The number of nitrogens with one attached hydrogen (secondary N) is 1. The summed E-state index contributed by atoms with van der Waals surface area (Å²) in [5.74, 6) is 0. The smallest absolute Gasteiger partial charge is 0.0404 e. The van der Waals surface area contributed by atoms with Crippen LogP contribution in [0, 0.1) is 6.92 Å². The minimum Gasteiger partial charge on any atom is -0.399 e. The van der Waals surface area contributed by atoms with Gasteiger partial charge >= 0.3 is 0 Å². The average Bonchev–Trinajstić information content (AvgIpc) is 2.32. The fourth-order valence-corrected chi connectivity index (χ4v) is 1.65. The van der Waals surface area contributed by atoms with Gasteiger partial charge in [-0.2, -0.15) is 0 Å². The van der Waals surface area contributed by atoms with E-state index in [4.69, 9.17) is 5.73 Å². The molecule has 0 unspecified atom stereocenters. The molecule has 0 saturated heterocycles. The molecule has 2 aromatic rings. The molecular weight excluding hydrogens is 196 g/mol. The molecule has 0 aliphatic heterocycles. The van der Waals surface area contributed by atoms with Crippen LogP contribution in [0.1, 0.15) is 11.1 Å². The van der Waals surface area contributed by atoms with Crippen molar-refractivity contribution in [2.45, 2.75) is 13.5 Å². The Labute approximate surface area is 96.1 Å². The second kappa shape index (κ2) is 4.71. The van der Waals surface area contributed by atoms with Crippen LogP contribution in [-0.2, 0) is 6.54 Å². The highest BCUT2D eigenvalue weighted by atomic mass is 14.9. The first kappa shape index (κ1) is 10.6. The first-order chi connectivity index (χ1) is 7.77. The molecule has 2 nitrogen and oxygen atoms in total. The van der Waals surface area contributed by atoms with Crippen molar-refractivity contribution in [3.05, 3.63) is 59.7 Å². The van der Waals surface area contributed by atoms with Crippen molar-refractivity contribution >= 4 is 11.4 Å². The quantitative estimate of drug-likeness (QED) is 0.767. The lowest BCUT2D eigenvalue weighted by Gasteiger charge is -2.10. The van der Waals surface area contributed by atoms with E-state index in [2.05, 4.69) is 30.4 Å². The summed E-state index contributed by atoms with van der Waals surface area (Å²) in [6.45, 7) is 2.86. The van der Waals surface area contributed by atoms with E-state index in [1.807, 2.05) is 30.3 Å². The van der Waals surface area contributed by atoms with Gasteiger partial charge < -0.3 is 11.1 Å². The third-order valence-corrected chi connectivity index (χ3v) is 2.74. The maximum Gasteiger partial charge on any atom is 0.0404 e. The first-order valence-corrected chi connectivity index (χ1v) is 5.40. The molecule has 0 bridgehead atoms. The van der Waals surface area contributed by atoms with Crippen molar-refractivity contribution in [2.24, 2.45) is 0 Å². The molecule has 0 heterocycles. The zero-order valence-electron chi connectivity index (χ0n) is 9.40. The van der Waals surface area contributed by atoms with Gasteiger partial charge in [0.15, 0.2) is 0 Å². The third kappa shape index (κ3) is 2.34. The summed E-state index contributed by atoms with van der Waals surface area (Å²) >= 11 is 0. The van der Waals surface area contributed by atoms with Crippen molar-refractivity contribution in [3.8, 4) is 0 Å². The predicted molar refractivity (Wildman–Crippen MR) is 69.4 cm³/mol. The van der Waals surface area contributed by atoms with Crippen molar-refractivity contribution in [2.75, 3.05) is 11.1 Å². The molecule has 2 rings (SSSR count). The van der Waals surface area contributed by atoms with Gasteiger partial charge in [0.2, 0.25) is 0 Å². The van der Waals surface area contributed by atoms with Crippen LogP contribution in [0.4, 0.5) is 11.4 Å². The molecule has 0 aromatic heterocycles. The Morgan fingerprint density at radius 3 is 2.50 bits per heavy atom. The van der Waals surface area contributed by atoms with Crippen molar-refractivity contribution in [3.63, 3.8) is 0 Å². The van der Waals surface area contributed by atoms with Gasteiger partial charge in [0.25, 0.3) is 0 Å². The number of rotatable bonds is 3. The van der Waals surface area contributed by atoms with E-state index in [1.54, 1.807) is 0 Å². The number of anilines is 2. The van der Waals surface area contributed by atoms with E-state index in [0.29, 0.717) is 0 Å². The summed E-state index contributed by atoms with van der Waals surface area (Å²) in [6.07, 6.45) is 0. The minimum atomic E-state index is 0.806. The number of para-hydroxylation sites is 1. The maximum absolute atomic E-state index is 5.86. The average molecular weight is 212 g/mol. The van der Waals surface area contributed by atoms with Crippen LogP contribution < -0.4 is 11.1 Å². The van der Waals surface area contributed by atoms with Crippen LogP contribution in [0.25, 0.3) is 0 Å². The topological polar surface area (TPSA) is 38.0 Å². The Balaban J connectivity index is 2.08. The lowest BCUT2D eigenvalue weighted by Crippen LogP contribution is -2.02. The SMILES string of the molecule is Cc1c(N)cccc1CNc1ccccc1. The van der Waals surface area contributed by atoms with Crippen LogP contribution in [0.3, 0.4) is 0 Å². The second-order valence-electron chi connectivity index (χ2n) is 3.85. The number of nitrogens with two attached hydrogens (primary N) is 1. The zero-order chi connectivity index (χ0) is 11.4. The van der Waals surface area contributed by atoms with Gasteiger partial charge in [0, 0.05) is 17.9 Å². The standard InChI is InChI=1S/C14H16N2/c1-11-12(6-5-9-14(11)15)10-16-13-7-3-2-4-8-13/h2-9,16H,10,15H2,1H3. The van der Waals surface area contributed by atoms with Crippen LogP contribution in [0.15, 0.2) is 48.5 Å². The Morgan fingerprint density at radius 1 is 1.00 bits per heavy atom. The van der Waals surface area contributed by atoms with Gasteiger partial charge in [-0.15, -0.1) is 0 Å². The van der Waals surface area contributed by atoms with Crippen LogP contribution in [-0.4, -0.2) is 0 Å². The highest BCUT2D eigenvalue weighted by molar-refractivity contribution is 5.51. The van der Waals surface area contributed by atoms with Crippen molar-refractivity contribution in [1.82, 2.24) is 0 Å². The molecule has 0 fully saturated rings. The van der Waals surface area contributed by atoms with E-state index < -0.39 is 0 Å². The maximum atomic E-state index is 5.86. The third-order valence-electron chi connectivity index (χ3n) is 2.74. The molecule has 82 valence electrons. The highest BCUT2D eigenvalue weighted by Gasteiger charge is 2.00. The highest BCUT2D eigenvalue weighted by Crippen LogP contribution is 2.17. The normalized spacial score (nSPS) is 10.1. The predicted octanol–water partition coefficient (Wildman–Crippen LogP) is 3.19. The largest absolute Gasteiger partial charge is 0.399 e. The molecule has 0 spiro atoms. The molecule has 0 amide bonds. The summed E-state index contributed by atoms with van der Waals surface area (Å²) in [7, 11) is 0. The molecule has 0 atom stereocenters. The van der Waals surface area contributed by atoms with Crippen LogP contribution in [0.5, 0.6) is 0 Å². The Bertz CT molecular complexity index is 463. The van der Waals surface area contributed by atoms with Crippen LogP contribution in [0.2, 0.25) is 0 Å². The molecule has 2 aromatic carbocycles. The summed E-state index contributed by atoms with van der Waals surface area (Å²) in [4.78, 5) is 0. The molecule has 16 heavy (non-hydrogen) atoms. The van der Waals surface area contributed by atoms with Crippen molar-refractivity contribution < 1.29 is 0 Å². The van der Waals surface area contributed by atoms with Gasteiger partial charge in [-0.1, -0.05) is 30.3 Å². The molecule has 0 saturated carbocycles. The molecule has 0 aliphatic carbocycles. The molecule has 2 heteroatoms. The van der Waals surface area contributed by atoms with E-state index in [0.717, 1.165) is 23.5 Å². The number of hydrogen-bond donors (Lipinski definition) is 2. The minimum absolute atomic E-state index is 0.806. The van der Waals surface area contributed by atoms with Crippen molar-refractivity contribution in [1.29, 1.82) is 0 Å². The Morgan fingerprint density at radius 2 is 1.75 bits per heavy atom. The molecular formula is C14H16N2. The Kier molecular flexibility index (Phi) is 3.10. The van der Waals surface area contributed by atoms with E-state index in [-0.39, 0.29) is 0 Å². The molecule has 0 aliphatic rings. The van der Waals surface area contributed by atoms with Crippen LogP contribution >= 0.6 is 0 Å². The molecule has 0 radical (unpaired) electrons. The Hall–Kier alpha value is -1.96. The molecule has 3 N–H and O–H groups in total. The number of hydrogen-bond acceptors (Lipinski definition) is 2. The zero-order valence-corrected chi connectivity index (χ0v) is 9.40. The summed E-state index contributed by atoms with van der Waals surface area (Å²) in [6, 6.07) is 16.2. The van der Waals surface area contributed by atoms with E-state index in [1.165, 1.54) is 5.56 Å². The lowest BCUT2D eigenvalue weighted by molar-refractivity contribution is 1.12. The van der Waals surface area contributed by atoms with Gasteiger partial charge in [-0.25, -0.2) is 0 Å². The van der Waals surface area contributed by atoms with Gasteiger partial charge in [-0.3, -0.25) is 0 Å². The fourth-order valence-electron chi connectivity index (χ4n) is 1.65. The first-order valence-electron chi connectivity index (χ1n) is 5.40. The van der Waals surface area contributed by atoms with Gasteiger partial charge in [0.1, 0.15) is 0 Å². The summed E-state index contributed by atoms with van der Waals surface area (Å²) in [5.41, 5.74) is 10.2. The number of nitrogen functional groups attached to an aromatic ring is 1. The number of benzene rings is 2. The second-order valence-corrected chi connectivity index (χ2v) is 3.85. The lowest BCUT2D eigenvalue weighted by atomic mass is 10.1.